The minimum Gasteiger partial charge on any atom is -0.351 e. The first-order valence-electron chi connectivity index (χ1n) is 6.17. The van der Waals surface area contributed by atoms with Gasteiger partial charge in [0.15, 0.2) is 0 Å². The van der Waals surface area contributed by atoms with Crippen LogP contribution in [0.1, 0.15) is 43.9 Å². The first-order valence-corrected chi connectivity index (χ1v) is 7.85. The third-order valence-electron chi connectivity index (χ3n) is 3.76. The third-order valence-corrected chi connectivity index (χ3v) is 5.46. The lowest BCUT2D eigenvalue weighted by Gasteiger charge is -2.25. The maximum atomic E-state index is 12.3. The van der Waals surface area contributed by atoms with E-state index in [1.165, 1.54) is 17.7 Å². The highest BCUT2D eigenvalue weighted by Gasteiger charge is 2.38. The quantitative estimate of drug-likeness (QED) is 0.890. The number of carbonyl (C=O) groups is 1. The van der Waals surface area contributed by atoms with Gasteiger partial charge in [0.2, 0.25) is 5.91 Å². The van der Waals surface area contributed by atoms with Crippen LogP contribution < -0.4 is 5.32 Å². The van der Waals surface area contributed by atoms with Crippen molar-refractivity contribution in [2.75, 3.05) is 0 Å². The Morgan fingerprint density at radius 3 is 2.76 bits per heavy atom. The van der Waals surface area contributed by atoms with Crippen molar-refractivity contribution in [3.05, 3.63) is 20.8 Å². The number of hydrogen-bond acceptors (Lipinski definition) is 2. The van der Waals surface area contributed by atoms with Gasteiger partial charge in [-0.05, 0) is 41.3 Å². The van der Waals surface area contributed by atoms with E-state index < -0.39 is 0 Å². The maximum Gasteiger partial charge on any atom is 0.226 e. The van der Waals surface area contributed by atoms with Crippen molar-refractivity contribution in [2.24, 2.45) is 5.41 Å². The Morgan fingerprint density at radius 2 is 2.24 bits per heavy atom. The molecule has 1 amide bonds. The SMILES string of the molecule is CCC1(C(=O)NCc2cc(Br)cs2)CCCC1. The Morgan fingerprint density at radius 1 is 1.53 bits per heavy atom. The van der Waals surface area contributed by atoms with E-state index in [4.69, 9.17) is 0 Å². The molecular weight excluding hydrogens is 298 g/mol. The highest BCUT2D eigenvalue weighted by molar-refractivity contribution is 9.10. The number of thiophene rings is 1. The van der Waals surface area contributed by atoms with Crippen LogP contribution in [-0.4, -0.2) is 5.91 Å². The van der Waals surface area contributed by atoms with E-state index in [1.807, 2.05) is 5.38 Å². The second kappa shape index (κ2) is 5.53. The molecular formula is C13H18BrNOS. The van der Waals surface area contributed by atoms with E-state index in [2.05, 4.69) is 34.2 Å². The predicted octanol–water partition coefficient (Wildman–Crippen LogP) is 4.10. The van der Waals surface area contributed by atoms with Gasteiger partial charge in [0.25, 0.3) is 0 Å². The van der Waals surface area contributed by atoms with Crippen molar-refractivity contribution < 1.29 is 4.79 Å². The van der Waals surface area contributed by atoms with E-state index in [0.29, 0.717) is 6.54 Å². The molecule has 0 bridgehead atoms. The van der Waals surface area contributed by atoms with Crippen molar-refractivity contribution in [3.63, 3.8) is 0 Å². The van der Waals surface area contributed by atoms with Gasteiger partial charge in [-0.15, -0.1) is 11.3 Å². The van der Waals surface area contributed by atoms with Gasteiger partial charge in [0, 0.05) is 20.1 Å². The fourth-order valence-electron chi connectivity index (χ4n) is 2.59. The molecule has 94 valence electrons. The second-order valence-electron chi connectivity index (χ2n) is 4.75. The van der Waals surface area contributed by atoms with Crippen molar-refractivity contribution in [1.82, 2.24) is 5.32 Å². The predicted molar refractivity (Wildman–Crippen MR) is 75.1 cm³/mol. The minimum atomic E-state index is -0.0749. The molecule has 1 N–H and O–H groups in total. The average molecular weight is 316 g/mol. The van der Waals surface area contributed by atoms with E-state index in [-0.39, 0.29) is 11.3 Å². The molecule has 0 radical (unpaired) electrons. The van der Waals surface area contributed by atoms with E-state index in [1.54, 1.807) is 11.3 Å². The molecule has 1 saturated carbocycles. The Kier molecular flexibility index (Phi) is 4.26. The van der Waals surface area contributed by atoms with Crippen molar-refractivity contribution in [3.8, 4) is 0 Å². The van der Waals surface area contributed by atoms with Gasteiger partial charge in [0.05, 0.1) is 6.54 Å². The van der Waals surface area contributed by atoms with Gasteiger partial charge in [0.1, 0.15) is 0 Å². The topological polar surface area (TPSA) is 29.1 Å². The minimum absolute atomic E-state index is 0.0749. The van der Waals surface area contributed by atoms with Crippen LogP contribution in [-0.2, 0) is 11.3 Å². The largest absolute Gasteiger partial charge is 0.351 e. The lowest BCUT2D eigenvalue weighted by atomic mass is 9.82. The van der Waals surface area contributed by atoms with Crippen LogP contribution in [0.5, 0.6) is 0 Å². The summed E-state index contributed by atoms with van der Waals surface area (Å²) >= 11 is 5.11. The molecule has 1 aromatic heterocycles. The van der Waals surface area contributed by atoms with Gasteiger partial charge in [-0.3, -0.25) is 4.79 Å². The highest BCUT2D eigenvalue weighted by atomic mass is 79.9. The molecule has 4 heteroatoms. The molecule has 1 aromatic rings. The molecule has 1 aliphatic carbocycles. The standard InChI is InChI=1S/C13H18BrNOS/c1-2-13(5-3-4-6-13)12(16)15-8-11-7-10(14)9-17-11/h7,9H,2-6,8H2,1H3,(H,15,16). The lowest BCUT2D eigenvalue weighted by Crippen LogP contribution is -2.38. The van der Waals surface area contributed by atoms with Crippen LogP contribution in [0, 0.1) is 5.41 Å². The number of amides is 1. The fraction of sp³-hybridized carbons (Fsp3) is 0.615. The Bertz CT molecular complexity index is 396. The number of hydrogen-bond donors (Lipinski definition) is 1. The smallest absolute Gasteiger partial charge is 0.226 e. The van der Waals surface area contributed by atoms with Gasteiger partial charge in [-0.25, -0.2) is 0 Å². The monoisotopic (exact) mass is 315 g/mol. The molecule has 0 aromatic carbocycles. The van der Waals surface area contributed by atoms with Gasteiger partial charge in [-0.2, -0.15) is 0 Å². The van der Waals surface area contributed by atoms with Gasteiger partial charge in [-0.1, -0.05) is 19.8 Å². The number of rotatable bonds is 4. The van der Waals surface area contributed by atoms with Gasteiger partial charge < -0.3 is 5.32 Å². The van der Waals surface area contributed by atoms with Crippen LogP contribution in [0.3, 0.4) is 0 Å². The Labute approximate surface area is 115 Å². The normalized spacial score (nSPS) is 18.2. The van der Waals surface area contributed by atoms with E-state index >= 15 is 0 Å². The van der Waals surface area contributed by atoms with Crippen LogP contribution in [0.15, 0.2) is 15.9 Å². The molecule has 1 aliphatic rings. The summed E-state index contributed by atoms with van der Waals surface area (Å²) in [6, 6.07) is 2.07. The summed E-state index contributed by atoms with van der Waals surface area (Å²) in [6.07, 6.45) is 5.48. The summed E-state index contributed by atoms with van der Waals surface area (Å²) in [4.78, 5) is 13.5. The zero-order valence-corrected chi connectivity index (χ0v) is 12.5. The van der Waals surface area contributed by atoms with Crippen molar-refractivity contribution >= 4 is 33.2 Å². The molecule has 0 saturated heterocycles. The molecule has 1 heterocycles. The summed E-state index contributed by atoms with van der Waals surface area (Å²) in [7, 11) is 0. The van der Waals surface area contributed by atoms with Gasteiger partial charge >= 0.3 is 0 Å². The third kappa shape index (κ3) is 2.91. The first-order chi connectivity index (χ1) is 8.16. The first kappa shape index (κ1) is 13.1. The number of nitrogens with one attached hydrogen (secondary N) is 1. The molecule has 17 heavy (non-hydrogen) atoms. The van der Waals surface area contributed by atoms with E-state index in [0.717, 1.165) is 23.7 Å². The molecule has 0 atom stereocenters. The average Bonchev–Trinajstić information content (AvgIpc) is 2.95. The van der Waals surface area contributed by atoms with Crippen molar-refractivity contribution in [1.29, 1.82) is 0 Å². The highest BCUT2D eigenvalue weighted by Crippen LogP contribution is 2.41. The van der Waals surface area contributed by atoms with Crippen LogP contribution in [0.2, 0.25) is 0 Å². The summed E-state index contributed by atoms with van der Waals surface area (Å²) < 4.78 is 1.10. The van der Waals surface area contributed by atoms with Crippen LogP contribution >= 0.6 is 27.3 Å². The van der Waals surface area contributed by atoms with Crippen molar-refractivity contribution in [2.45, 2.75) is 45.6 Å². The van der Waals surface area contributed by atoms with Crippen LogP contribution in [0.4, 0.5) is 0 Å². The molecule has 0 unspecified atom stereocenters. The number of carbonyl (C=O) groups excluding carboxylic acids is 1. The zero-order valence-electron chi connectivity index (χ0n) is 10.1. The summed E-state index contributed by atoms with van der Waals surface area (Å²) in [6.45, 7) is 2.80. The summed E-state index contributed by atoms with van der Waals surface area (Å²) in [5, 5.41) is 5.14. The Balaban J connectivity index is 1.92. The maximum absolute atomic E-state index is 12.3. The van der Waals surface area contributed by atoms with E-state index in [9.17, 15) is 4.79 Å². The molecule has 0 spiro atoms. The number of halogens is 1. The summed E-state index contributed by atoms with van der Waals surface area (Å²) in [5.74, 6) is 0.252. The summed E-state index contributed by atoms with van der Waals surface area (Å²) in [5.41, 5.74) is -0.0749. The fourth-order valence-corrected chi connectivity index (χ4v) is 3.99. The Hall–Kier alpha value is -0.350. The zero-order chi connectivity index (χ0) is 12.3. The molecule has 1 fully saturated rings. The molecule has 0 aliphatic heterocycles. The lowest BCUT2D eigenvalue weighted by molar-refractivity contribution is -0.131. The van der Waals surface area contributed by atoms with Crippen LogP contribution in [0.25, 0.3) is 0 Å². The molecule has 2 nitrogen and oxygen atoms in total. The molecule has 2 rings (SSSR count). The second-order valence-corrected chi connectivity index (χ2v) is 6.67.